The molecular weight excluding hydrogens is 282 g/mol. The first kappa shape index (κ1) is 14.7. The Hall–Kier alpha value is -0.710. The van der Waals surface area contributed by atoms with Gasteiger partial charge in [-0.1, -0.05) is 25.4 Å². The highest BCUT2D eigenvalue weighted by Crippen LogP contribution is 2.42. The van der Waals surface area contributed by atoms with Gasteiger partial charge in [0, 0.05) is 23.5 Å². The average Bonchev–Trinajstić information content (AvgIpc) is 2.36. The quantitative estimate of drug-likeness (QED) is 0.841. The van der Waals surface area contributed by atoms with Crippen LogP contribution in [0.3, 0.4) is 0 Å². The van der Waals surface area contributed by atoms with Gasteiger partial charge in [-0.3, -0.25) is 4.79 Å². The van der Waals surface area contributed by atoms with Crippen LogP contribution >= 0.6 is 24.2 Å². The summed E-state index contributed by atoms with van der Waals surface area (Å²) >= 11 is 10.3. The van der Waals surface area contributed by atoms with Crippen LogP contribution in [0.15, 0.2) is 23.1 Å². The zero-order valence-electron chi connectivity index (χ0n) is 11.2. The number of hydrogen-bond acceptors (Lipinski definition) is 3. The van der Waals surface area contributed by atoms with Crippen molar-refractivity contribution in [1.29, 1.82) is 0 Å². The van der Waals surface area contributed by atoms with Crippen LogP contribution in [-0.4, -0.2) is 25.2 Å². The predicted octanol–water partition coefficient (Wildman–Crippen LogP) is 3.17. The van der Waals surface area contributed by atoms with Crippen LogP contribution < -0.4 is 5.32 Å². The molecule has 1 aliphatic rings. The third-order valence-electron chi connectivity index (χ3n) is 3.96. The van der Waals surface area contributed by atoms with Crippen LogP contribution in [0.2, 0.25) is 5.02 Å². The Morgan fingerprint density at radius 3 is 2.79 bits per heavy atom. The second-order valence-electron chi connectivity index (χ2n) is 5.47. The number of ether oxygens (including phenoxy) is 1. The minimum absolute atomic E-state index is 0.0601. The van der Waals surface area contributed by atoms with Gasteiger partial charge in [-0.2, -0.15) is 0 Å². The number of carbonyl (C=O) groups excluding carboxylic acids is 1. The fourth-order valence-corrected chi connectivity index (χ4v) is 2.86. The van der Waals surface area contributed by atoms with Crippen LogP contribution in [0, 0.1) is 5.41 Å². The number of carbonyl (C=O) groups is 1. The van der Waals surface area contributed by atoms with E-state index in [9.17, 15) is 4.79 Å². The molecule has 19 heavy (non-hydrogen) atoms. The number of rotatable bonds is 3. The summed E-state index contributed by atoms with van der Waals surface area (Å²) in [6.45, 7) is 4.18. The van der Waals surface area contributed by atoms with Crippen molar-refractivity contribution in [3.8, 4) is 0 Å². The molecule has 104 valence electrons. The third kappa shape index (κ3) is 2.76. The second-order valence-corrected chi connectivity index (χ2v) is 6.40. The molecule has 0 saturated heterocycles. The van der Waals surface area contributed by atoms with E-state index in [1.54, 1.807) is 25.3 Å². The van der Waals surface area contributed by atoms with E-state index in [1.807, 2.05) is 0 Å². The maximum atomic E-state index is 12.2. The Morgan fingerprint density at radius 2 is 2.21 bits per heavy atom. The minimum Gasteiger partial charge on any atom is -0.381 e. The fourth-order valence-electron chi connectivity index (χ4n) is 2.45. The fraction of sp³-hybridized carbons (Fsp3) is 0.500. The lowest BCUT2D eigenvalue weighted by Gasteiger charge is -2.51. The summed E-state index contributed by atoms with van der Waals surface area (Å²) in [6, 6.07) is 5.23. The highest BCUT2D eigenvalue weighted by molar-refractivity contribution is 7.80. The van der Waals surface area contributed by atoms with Crippen LogP contribution in [0.5, 0.6) is 0 Å². The van der Waals surface area contributed by atoms with Gasteiger partial charge < -0.3 is 10.1 Å². The van der Waals surface area contributed by atoms with Crippen molar-refractivity contribution in [1.82, 2.24) is 5.32 Å². The van der Waals surface area contributed by atoms with Gasteiger partial charge in [0.2, 0.25) is 0 Å². The molecule has 2 unspecified atom stereocenters. The first-order chi connectivity index (χ1) is 8.86. The number of benzene rings is 1. The zero-order chi connectivity index (χ0) is 14.2. The summed E-state index contributed by atoms with van der Waals surface area (Å²) in [4.78, 5) is 13.0. The van der Waals surface area contributed by atoms with Gasteiger partial charge in [0.25, 0.3) is 5.91 Å². The predicted molar refractivity (Wildman–Crippen MR) is 79.2 cm³/mol. The van der Waals surface area contributed by atoms with Crippen LogP contribution in [0.25, 0.3) is 0 Å². The smallest absolute Gasteiger partial charge is 0.253 e. The monoisotopic (exact) mass is 299 g/mol. The maximum absolute atomic E-state index is 12.2. The van der Waals surface area contributed by atoms with Gasteiger partial charge in [-0.25, -0.2) is 0 Å². The van der Waals surface area contributed by atoms with Crippen molar-refractivity contribution in [2.24, 2.45) is 5.41 Å². The minimum atomic E-state index is -0.159. The molecule has 0 spiro atoms. The molecular formula is C14H18ClNO2S. The van der Waals surface area contributed by atoms with Gasteiger partial charge >= 0.3 is 0 Å². The molecule has 0 heterocycles. The van der Waals surface area contributed by atoms with Gasteiger partial charge in [0.15, 0.2) is 0 Å². The Labute approximate surface area is 124 Å². The van der Waals surface area contributed by atoms with E-state index in [-0.39, 0.29) is 23.5 Å². The molecule has 1 aromatic rings. The van der Waals surface area contributed by atoms with Crippen molar-refractivity contribution < 1.29 is 9.53 Å². The molecule has 1 saturated carbocycles. The second kappa shape index (κ2) is 5.35. The lowest BCUT2D eigenvalue weighted by Crippen LogP contribution is -2.61. The molecule has 0 aliphatic heterocycles. The summed E-state index contributed by atoms with van der Waals surface area (Å²) in [5, 5.41) is 3.46. The first-order valence-corrected chi connectivity index (χ1v) is 7.01. The van der Waals surface area contributed by atoms with Gasteiger partial charge in [0.1, 0.15) is 0 Å². The molecule has 1 aromatic carbocycles. The van der Waals surface area contributed by atoms with E-state index in [1.165, 1.54) is 0 Å². The van der Waals surface area contributed by atoms with E-state index in [4.69, 9.17) is 16.3 Å². The third-order valence-corrected chi connectivity index (χ3v) is 4.57. The molecule has 0 radical (unpaired) electrons. The molecule has 1 amide bonds. The van der Waals surface area contributed by atoms with E-state index >= 15 is 0 Å². The summed E-state index contributed by atoms with van der Waals surface area (Å²) in [5.41, 5.74) is 0.404. The molecule has 1 N–H and O–H groups in total. The number of methoxy groups -OCH3 is 1. The SMILES string of the molecule is COC1CC(NC(=O)c2cc(S)ccc2Cl)C1(C)C. The lowest BCUT2D eigenvalue weighted by molar-refractivity contribution is -0.0942. The number of thiol groups is 1. The molecule has 1 fully saturated rings. The van der Waals surface area contributed by atoms with Crippen molar-refractivity contribution >= 4 is 30.1 Å². The van der Waals surface area contributed by atoms with Crippen molar-refractivity contribution in [2.75, 3.05) is 7.11 Å². The van der Waals surface area contributed by atoms with E-state index < -0.39 is 0 Å². The zero-order valence-corrected chi connectivity index (χ0v) is 12.9. The van der Waals surface area contributed by atoms with E-state index in [2.05, 4.69) is 31.8 Å². The normalized spacial score (nSPS) is 24.7. The standard InChI is InChI=1S/C14H18ClNO2S/c1-14(2)11(7-12(14)18-3)16-13(17)9-6-8(19)4-5-10(9)15/h4-6,11-12,19H,7H2,1-3H3,(H,16,17). The highest BCUT2D eigenvalue weighted by atomic mass is 35.5. The highest BCUT2D eigenvalue weighted by Gasteiger charge is 2.49. The van der Waals surface area contributed by atoms with Gasteiger partial charge in [-0.05, 0) is 24.6 Å². The molecule has 2 atom stereocenters. The van der Waals surface area contributed by atoms with Crippen molar-refractivity contribution in [2.45, 2.75) is 37.3 Å². The number of amides is 1. The molecule has 0 aromatic heterocycles. The lowest BCUT2D eigenvalue weighted by atomic mass is 9.64. The largest absolute Gasteiger partial charge is 0.381 e. The molecule has 2 rings (SSSR count). The Balaban J connectivity index is 2.09. The number of nitrogens with one attached hydrogen (secondary N) is 1. The van der Waals surface area contributed by atoms with E-state index in [0.29, 0.717) is 10.6 Å². The summed E-state index contributed by atoms with van der Waals surface area (Å²) in [7, 11) is 1.70. The number of hydrogen-bond donors (Lipinski definition) is 2. The maximum Gasteiger partial charge on any atom is 0.253 e. The van der Waals surface area contributed by atoms with Crippen LogP contribution in [0.1, 0.15) is 30.6 Å². The van der Waals surface area contributed by atoms with Gasteiger partial charge in [0.05, 0.1) is 16.7 Å². The Morgan fingerprint density at radius 1 is 1.53 bits per heavy atom. The van der Waals surface area contributed by atoms with Crippen LogP contribution in [0.4, 0.5) is 0 Å². The summed E-state index contributed by atoms with van der Waals surface area (Å²) in [6.07, 6.45) is 1.01. The summed E-state index contributed by atoms with van der Waals surface area (Å²) in [5.74, 6) is -0.159. The van der Waals surface area contributed by atoms with Crippen LogP contribution in [-0.2, 0) is 4.74 Å². The Kier molecular flexibility index (Phi) is 4.14. The Bertz CT molecular complexity index is 504. The first-order valence-electron chi connectivity index (χ1n) is 6.18. The number of halogens is 1. The molecule has 0 bridgehead atoms. The molecule has 5 heteroatoms. The van der Waals surface area contributed by atoms with E-state index in [0.717, 1.165) is 11.3 Å². The molecule has 1 aliphatic carbocycles. The van der Waals surface area contributed by atoms with Crippen molar-refractivity contribution in [3.63, 3.8) is 0 Å². The molecule has 3 nitrogen and oxygen atoms in total. The topological polar surface area (TPSA) is 38.3 Å². The summed E-state index contributed by atoms with van der Waals surface area (Å²) < 4.78 is 5.37. The van der Waals surface area contributed by atoms with Gasteiger partial charge in [-0.15, -0.1) is 12.6 Å². The van der Waals surface area contributed by atoms with Crippen molar-refractivity contribution in [3.05, 3.63) is 28.8 Å². The average molecular weight is 300 g/mol.